The van der Waals surface area contributed by atoms with Gasteiger partial charge in [0, 0.05) is 18.4 Å². The lowest BCUT2D eigenvalue weighted by Crippen LogP contribution is -2.17. The number of esters is 1. The van der Waals surface area contributed by atoms with Gasteiger partial charge < -0.3 is 9.47 Å². The Morgan fingerprint density at radius 2 is 1.79 bits per heavy atom. The number of sulfone groups is 1. The number of benzene rings is 1. The van der Waals surface area contributed by atoms with E-state index in [1.54, 1.807) is 26.8 Å². The molecule has 152 valence electrons. The summed E-state index contributed by atoms with van der Waals surface area (Å²) in [4.78, 5) is 24.8. The van der Waals surface area contributed by atoms with Crippen LogP contribution in [-0.2, 0) is 25.9 Å². The summed E-state index contributed by atoms with van der Waals surface area (Å²) in [6, 6.07) is 1.56. The highest BCUT2D eigenvalue weighted by Gasteiger charge is 2.25. The fraction of sp³-hybridized carbons (Fsp3) is 0.421. The first-order valence-corrected chi connectivity index (χ1v) is 10.5. The van der Waals surface area contributed by atoms with Gasteiger partial charge in [0.1, 0.15) is 5.56 Å². The number of aryl methyl sites for hydroxylation is 2. The fourth-order valence-corrected chi connectivity index (χ4v) is 4.46. The first-order chi connectivity index (χ1) is 13.0. The van der Waals surface area contributed by atoms with Crippen molar-refractivity contribution < 1.29 is 27.5 Å². The van der Waals surface area contributed by atoms with Crippen molar-refractivity contribution in [2.45, 2.75) is 39.1 Å². The second-order valence-corrected chi connectivity index (χ2v) is 8.42. The number of nitrogens with zero attached hydrogens (tertiary/aromatic N) is 2. The maximum atomic E-state index is 13.2. The molecule has 0 fully saturated rings. The van der Waals surface area contributed by atoms with Crippen molar-refractivity contribution >= 4 is 21.6 Å². The van der Waals surface area contributed by atoms with Crippen molar-refractivity contribution in [1.29, 1.82) is 0 Å². The van der Waals surface area contributed by atoms with Crippen LogP contribution in [0, 0.1) is 20.8 Å². The van der Waals surface area contributed by atoms with Crippen molar-refractivity contribution in [3.63, 3.8) is 0 Å². The first kappa shape index (κ1) is 21.6. The van der Waals surface area contributed by atoms with E-state index in [4.69, 9.17) is 4.74 Å². The Kier molecular flexibility index (Phi) is 6.28. The quantitative estimate of drug-likeness (QED) is 0.510. The molecule has 1 aromatic heterocycles. The Labute approximate surface area is 164 Å². The van der Waals surface area contributed by atoms with Gasteiger partial charge in [0.25, 0.3) is 0 Å². The van der Waals surface area contributed by atoms with Crippen molar-refractivity contribution in [2.75, 3.05) is 20.0 Å². The smallest absolute Gasteiger partial charge is 0.343 e. The highest BCUT2D eigenvalue weighted by molar-refractivity contribution is 7.90. The van der Waals surface area contributed by atoms with E-state index in [9.17, 15) is 18.0 Å². The largest absolute Gasteiger partial charge is 0.466 e. The van der Waals surface area contributed by atoms with Crippen LogP contribution in [0.5, 0.6) is 5.88 Å². The highest BCUT2D eigenvalue weighted by atomic mass is 32.2. The Bertz CT molecular complexity index is 1040. The molecule has 0 aliphatic rings. The molecule has 0 N–H and O–H groups in total. The minimum Gasteiger partial charge on any atom is -0.466 e. The highest BCUT2D eigenvalue weighted by Crippen LogP contribution is 2.29. The Balaban J connectivity index is 2.56. The average molecular weight is 408 g/mol. The molecule has 8 nitrogen and oxygen atoms in total. The summed E-state index contributed by atoms with van der Waals surface area (Å²) in [6.45, 7) is 6.95. The molecule has 0 radical (unpaired) electrons. The zero-order valence-electron chi connectivity index (χ0n) is 16.8. The summed E-state index contributed by atoms with van der Waals surface area (Å²) in [5, 5.41) is 4.14. The van der Waals surface area contributed by atoms with E-state index in [0.717, 1.165) is 6.26 Å². The molecule has 0 saturated carbocycles. The van der Waals surface area contributed by atoms with E-state index >= 15 is 0 Å². The van der Waals surface area contributed by atoms with E-state index in [1.165, 1.54) is 18.0 Å². The van der Waals surface area contributed by atoms with Gasteiger partial charge in [0.15, 0.2) is 22.2 Å². The molecule has 0 bridgehead atoms. The molecule has 0 atom stereocenters. The number of carbonyl (C=O) groups excluding carboxylic acids is 2. The number of ketones is 1. The van der Waals surface area contributed by atoms with E-state index in [-0.39, 0.29) is 28.7 Å². The molecule has 0 amide bonds. The first-order valence-electron chi connectivity index (χ1n) is 8.63. The SMILES string of the molecule is CCn1ncc(C(=O)c2cc(C)c(S(C)(=O)=O)c(C)c2C)c1OCC(=O)OC. The zero-order chi connectivity index (χ0) is 21.2. The van der Waals surface area contributed by atoms with Crippen LogP contribution in [-0.4, -0.2) is 49.9 Å². The van der Waals surface area contributed by atoms with E-state index < -0.39 is 15.8 Å². The van der Waals surface area contributed by atoms with Crippen LogP contribution in [0.4, 0.5) is 0 Å². The number of aromatic nitrogens is 2. The van der Waals surface area contributed by atoms with Crippen LogP contribution in [0.1, 0.15) is 39.5 Å². The van der Waals surface area contributed by atoms with Crippen molar-refractivity contribution in [1.82, 2.24) is 9.78 Å². The van der Waals surface area contributed by atoms with Crippen LogP contribution in [0.15, 0.2) is 17.2 Å². The van der Waals surface area contributed by atoms with Crippen molar-refractivity contribution in [3.8, 4) is 5.88 Å². The standard InChI is InChI=1S/C19H24N2O6S/c1-7-21-19(27-10-16(22)26-5)15(9-20-21)17(23)14-8-11(2)18(28(6,24)25)13(4)12(14)3/h8-9H,7,10H2,1-6H3. The predicted molar refractivity (Wildman–Crippen MR) is 103 cm³/mol. The molecule has 0 unspecified atom stereocenters. The van der Waals surface area contributed by atoms with Gasteiger partial charge in [-0.3, -0.25) is 4.79 Å². The maximum Gasteiger partial charge on any atom is 0.343 e. The molecule has 28 heavy (non-hydrogen) atoms. The van der Waals surface area contributed by atoms with Crippen molar-refractivity contribution in [2.24, 2.45) is 0 Å². The van der Waals surface area contributed by atoms with Crippen LogP contribution in [0.2, 0.25) is 0 Å². The summed E-state index contributed by atoms with van der Waals surface area (Å²) < 4.78 is 35.7. The number of hydrogen-bond donors (Lipinski definition) is 0. The van der Waals surface area contributed by atoms with Gasteiger partial charge in [-0.15, -0.1) is 0 Å². The van der Waals surface area contributed by atoms with Gasteiger partial charge in [0.05, 0.1) is 18.2 Å². The lowest BCUT2D eigenvalue weighted by atomic mass is 9.95. The predicted octanol–water partition coefficient (Wildman–Crippen LogP) is 2.01. The Morgan fingerprint density at radius 3 is 2.32 bits per heavy atom. The molecular weight excluding hydrogens is 384 g/mol. The molecule has 0 aliphatic heterocycles. The third kappa shape index (κ3) is 4.09. The lowest BCUT2D eigenvalue weighted by Gasteiger charge is -2.15. The van der Waals surface area contributed by atoms with Gasteiger partial charge in [-0.25, -0.2) is 17.9 Å². The average Bonchev–Trinajstić information content (AvgIpc) is 3.03. The minimum atomic E-state index is -3.43. The number of hydrogen-bond acceptors (Lipinski definition) is 7. The molecule has 1 heterocycles. The van der Waals surface area contributed by atoms with Gasteiger partial charge in [-0.2, -0.15) is 5.10 Å². The minimum absolute atomic E-state index is 0.166. The van der Waals surface area contributed by atoms with E-state index in [1.807, 2.05) is 6.92 Å². The van der Waals surface area contributed by atoms with E-state index in [0.29, 0.717) is 28.8 Å². The molecule has 9 heteroatoms. The summed E-state index contributed by atoms with van der Waals surface area (Å²) in [5.74, 6) is -0.772. The molecular formula is C19H24N2O6S. The molecule has 1 aromatic carbocycles. The second kappa shape index (κ2) is 8.14. The van der Waals surface area contributed by atoms with Gasteiger partial charge >= 0.3 is 5.97 Å². The number of carbonyl (C=O) groups is 2. The summed E-state index contributed by atoms with van der Waals surface area (Å²) in [5.41, 5.74) is 2.15. The lowest BCUT2D eigenvalue weighted by molar-refractivity contribution is -0.143. The van der Waals surface area contributed by atoms with Crippen LogP contribution < -0.4 is 4.74 Å². The third-order valence-corrected chi connectivity index (χ3v) is 5.90. The topological polar surface area (TPSA) is 105 Å². The summed E-state index contributed by atoms with van der Waals surface area (Å²) in [7, 11) is -2.18. The van der Waals surface area contributed by atoms with E-state index in [2.05, 4.69) is 9.84 Å². The summed E-state index contributed by atoms with van der Waals surface area (Å²) in [6.07, 6.45) is 2.53. The maximum absolute atomic E-state index is 13.2. The fourth-order valence-electron chi connectivity index (χ4n) is 3.10. The number of methoxy groups -OCH3 is 1. The Morgan fingerprint density at radius 1 is 1.14 bits per heavy atom. The molecule has 2 aromatic rings. The third-order valence-electron chi connectivity index (χ3n) is 4.53. The van der Waals surface area contributed by atoms with Gasteiger partial charge in [-0.05, 0) is 50.5 Å². The van der Waals surface area contributed by atoms with Crippen LogP contribution >= 0.6 is 0 Å². The molecule has 0 aliphatic carbocycles. The molecule has 2 rings (SSSR count). The van der Waals surface area contributed by atoms with Gasteiger partial charge in [0.2, 0.25) is 5.88 Å². The Hall–Kier alpha value is -2.68. The van der Waals surface area contributed by atoms with Crippen LogP contribution in [0.25, 0.3) is 0 Å². The molecule has 0 spiro atoms. The second-order valence-electron chi connectivity index (χ2n) is 6.47. The number of rotatable bonds is 7. The zero-order valence-corrected chi connectivity index (χ0v) is 17.6. The van der Waals surface area contributed by atoms with Crippen molar-refractivity contribution in [3.05, 3.63) is 40.1 Å². The summed E-state index contributed by atoms with van der Waals surface area (Å²) >= 11 is 0. The monoisotopic (exact) mass is 408 g/mol. The normalized spacial score (nSPS) is 11.4. The number of ether oxygens (including phenoxy) is 2. The van der Waals surface area contributed by atoms with Crippen LogP contribution in [0.3, 0.4) is 0 Å². The molecule has 0 saturated heterocycles. The van der Waals surface area contributed by atoms with Gasteiger partial charge in [-0.1, -0.05) is 0 Å².